The molecule has 0 fully saturated rings. The van der Waals surface area contributed by atoms with Gasteiger partial charge < -0.3 is 4.74 Å². The van der Waals surface area contributed by atoms with Gasteiger partial charge >= 0.3 is 6.36 Å². The molecule has 3 nitrogen and oxygen atoms in total. The van der Waals surface area contributed by atoms with Crippen LogP contribution in [-0.2, 0) is 14.5 Å². The van der Waals surface area contributed by atoms with Crippen LogP contribution in [0.4, 0.5) is 13.2 Å². The summed E-state index contributed by atoms with van der Waals surface area (Å²) in [6, 6.07) is 0. The molecule has 0 radical (unpaired) electrons. The monoisotopic (exact) mass is 216 g/mol. The van der Waals surface area contributed by atoms with Gasteiger partial charge in [0.25, 0.3) is 0 Å². The molecular formula is C8H15F3O3. The van der Waals surface area contributed by atoms with Crippen molar-refractivity contribution in [1.29, 1.82) is 0 Å². The van der Waals surface area contributed by atoms with Gasteiger partial charge in [0.05, 0.1) is 0 Å². The van der Waals surface area contributed by atoms with E-state index in [4.69, 9.17) is 4.74 Å². The minimum atomic E-state index is -4.78. The lowest BCUT2D eigenvalue weighted by atomic mass is 10.2. The number of unbranched alkanes of at least 4 members (excludes halogenated alkanes) is 1. The molecule has 0 N–H and O–H groups in total. The Morgan fingerprint density at radius 2 is 1.86 bits per heavy atom. The van der Waals surface area contributed by atoms with Gasteiger partial charge in [-0.25, -0.2) is 0 Å². The first-order valence-corrected chi connectivity index (χ1v) is 4.52. The zero-order chi connectivity index (χ0) is 11.0. The quantitative estimate of drug-likeness (QED) is 0.372. The van der Waals surface area contributed by atoms with Crippen LogP contribution in [0, 0.1) is 0 Å². The molecule has 0 aromatic heterocycles. The van der Waals surface area contributed by atoms with Gasteiger partial charge in [-0.05, 0) is 13.3 Å². The van der Waals surface area contributed by atoms with Gasteiger partial charge in [-0.15, -0.1) is 18.1 Å². The number of alkyl halides is 3. The van der Waals surface area contributed by atoms with Gasteiger partial charge in [0.2, 0.25) is 0 Å². The average Bonchev–Trinajstić information content (AvgIpc) is 2.08. The Labute approximate surface area is 81.1 Å². The standard InChI is InChI=1S/C8H15F3O3/c1-3-5-6-7(12-4-2)13-14-8(9,10)11/h7H,3-6H2,1-2H3. The fourth-order valence-electron chi connectivity index (χ4n) is 0.824. The number of ether oxygens (including phenoxy) is 1. The Balaban J connectivity index is 3.72. The second-order valence-electron chi connectivity index (χ2n) is 2.65. The molecule has 1 atom stereocenters. The molecule has 0 aliphatic heterocycles. The van der Waals surface area contributed by atoms with E-state index >= 15 is 0 Å². The summed E-state index contributed by atoms with van der Waals surface area (Å²) >= 11 is 0. The average molecular weight is 216 g/mol. The number of hydrogen-bond acceptors (Lipinski definition) is 3. The normalized spacial score (nSPS) is 14.4. The molecule has 86 valence electrons. The maximum atomic E-state index is 11.6. The van der Waals surface area contributed by atoms with Crippen LogP contribution in [0.1, 0.15) is 33.1 Å². The molecule has 0 spiro atoms. The Bertz CT molecular complexity index is 138. The third-order valence-corrected chi connectivity index (χ3v) is 1.40. The number of rotatable bonds is 7. The Hall–Kier alpha value is -0.330. The molecule has 14 heavy (non-hydrogen) atoms. The minimum Gasteiger partial charge on any atom is -0.350 e. The van der Waals surface area contributed by atoms with E-state index in [0.29, 0.717) is 6.42 Å². The highest BCUT2D eigenvalue weighted by Crippen LogP contribution is 2.19. The van der Waals surface area contributed by atoms with Crippen LogP contribution in [0.15, 0.2) is 0 Å². The zero-order valence-corrected chi connectivity index (χ0v) is 8.26. The summed E-state index contributed by atoms with van der Waals surface area (Å²) in [5.74, 6) is 0. The first kappa shape index (κ1) is 13.7. The van der Waals surface area contributed by atoms with Gasteiger partial charge in [-0.1, -0.05) is 13.3 Å². The fraction of sp³-hybridized carbons (Fsp3) is 1.00. The summed E-state index contributed by atoms with van der Waals surface area (Å²) in [5, 5.41) is 0. The smallest absolute Gasteiger partial charge is 0.350 e. The van der Waals surface area contributed by atoms with Crippen molar-refractivity contribution in [2.75, 3.05) is 6.61 Å². The van der Waals surface area contributed by atoms with Crippen LogP contribution in [0.5, 0.6) is 0 Å². The van der Waals surface area contributed by atoms with Crippen molar-refractivity contribution >= 4 is 0 Å². The summed E-state index contributed by atoms with van der Waals surface area (Å²) in [6.07, 6.45) is -3.74. The van der Waals surface area contributed by atoms with E-state index in [9.17, 15) is 13.2 Å². The molecule has 0 rings (SSSR count). The molecule has 1 unspecified atom stereocenters. The molecule has 0 aliphatic rings. The molecule has 0 aliphatic carbocycles. The van der Waals surface area contributed by atoms with Crippen molar-refractivity contribution in [1.82, 2.24) is 0 Å². The highest BCUT2D eigenvalue weighted by molar-refractivity contribution is 4.42. The third-order valence-electron chi connectivity index (χ3n) is 1.40. The molecule has 0 saturated carbocycles. The Morgan fingerprint density at radius 1 is 1.21 bits per heavy atom. The highest BCUT2D eigenvalue weighted by atomic mass is 19.4. The van der Waals surface area contributed by atoms with Crippen LogP contribution in [0.3, 0.4) is 0 Å². The molecule has 6 heteroatoms. The van der Waals surface area contributed by atoms with E-state index in [1.54, 1.807) is 6.92 Å². The fourth-order valence-corrected chi connectivity index (χ4v) is 0.824. The number of hydrogen-bond donors (Lipinski definition) is 0. The van der Waals surface area contributed by atoms with E-state index in [1.165, 1.54) is 0 Å². The van der Waals surface area contributed by atoms with Crippen LogP contribution in [-0.4, -0.2) is 19.3 Å². The van der Waals surface area contributed by atoms with Crippen LogP contribution < -0.4 is 0 Å². The zero-order valence-electron chi connectivity index (χ0n) is 8.26. The van der Waals surface area contributed by atoms with Gasteiger partial charge in [0, 0.05) is 13.0 Å². The van der Waals surface area contributed by atoms with Crippen molar-refractivity contribution in [3.8, 4) is 0 Å². The van der Waals surface area contributed by atoms with Crippen LogP contribution in [0.2, 0.25) is 0 Å². The lowest BCUT2D eigenvalue weighted by Crippen LogP contribution is -2.23. The maximum Gasteiger partial charge on any atom is 0.549 e. The van der Waals surface area contributed by atoms with E-state index in [2.05, 4.69) is 9.78 Å². The maximum absolute atomic E-state index is 11.6. The van der Waals surface area contributed by atoms with E-state index in [0.717, 1.165) is 12.8 Å². The van der Waals surface area contributed by atoms with Crippen molar-refractivity contribution in [3.63, 3.8) is 0 Å². The molecule has 0 aromatic carbocycles. The van der Waals surface area contributed by atoms with E-state index in [-0.39, 0.29) is 6.61 Å². The molecule has 0 aromatic rings. The molecule has 0 bridgehead atoms. The summed E-state index contributed by atoms with van der Waals surface area (Å²) < 4.78 is 39.6. The summed E-state index contributed by atoms with van der Waals surface area (Å²) in [7, 11) is 0. The molecule has 0 saturated heterocycles. The lowest BCUT2D eigenvalue weighted by molar-refractivity contribution is -0.517. The SMILES string of the molecule is CCCCC(OCC)OOC(F)(F)F. The van der Waals surface area contributed by atoms with Crippen molar-refractivity contribution in [2.45, 2.75) is 45.8 Å². The highest BCUT2D eigenvalue weighted by Gasteiger charge is 2.32. The number of halogens is 3. The first-order chi connectivity index (χ1) is 6.49. The Kier molecular flexibility index (Phi) is 6.86. The first-order valence-electron chi connectivity index (χ1n) is 4.52. The Morgan fingerprint density at radius 3 is 2.29 bits per heavy atom. The van der Waals surface area contributed by atoms with E-state index in [1.807, 2.05) is 6.92 Å². The molecular weight excluding hydrogens is 201 g/mol. The largest absolute Gasteiger partial charge is 0.549 e. The van der Waals surface area contributed by atoms with Crippen molar-refractivity contribution < 1.29 is 27.7 Å². The third kappa shape index (κ3) is 8.28. The van der Waals surface area contributed by atoms with Gasteiger partial charge in [0.15, 0.2) is 6.29 Å². The van der Waals surface area contributed by atoms with Crippen molar-refractivity contribution in [3.05, 3.63) is 0 Å². The topological polar surface area (TPSA) is 27.7 Å². The lowest BCUT2D eigenvalue weighted by Gasteiger charge is -2.16. The predicted octanol–water partition coefficient (Wildman–Crippen LogP) is 3.01. The summed E-state index contributed by atoms with van der Waals surface area (Å²) in [4.78, 5) is 7.32. The van der Waals surface area contributed by atoms with Crippen LogP contribution in [0.25, 0.3) is 0 Å². The second-order valence-corrected chi connectivity index (χ2v) is 2.65. The van der Waals surface area contributed by atoms with Crippen molar-refractivity contribution in [2.24, 2.45) is 0 Å². The summed E-state index contributed by atoms with van der Waals surface area (Å²) in [5.41, 5.74) is 0. The predicted molar refractivity (Wildman–Crippen MR) is 43.2 cm³/mol. The van der Waals surface area contributed by atoms with Gasteiger partial charge in [-0.3, -0.25) is 0 Å². The molecule has 0 amide bonds. The second kappa shape index (κ2) is 7.03. The van der Waals surface area contributed by atoms with Crippen LogP contribution >= 0.6 is 0 Å². The molecule has 0 heterocycles. The summed E-state index contributed by atoms with van der Waals surface area (Å²) in [6.45, 7) is 3.89. The van der Waals surface area contributed by atoms with Gasteiger partial charge in [-0.2, -0.15) is 4.89 Å². The van der Waals surface area contributed by atoms with Gasteiger partial charge in [0.1, 0.15) is 0 Å². The van der Waals surface area contributed by atoms with E-state index < -0.39 is 12.7 Å². The minimum absolute atomic E-state index is 0.287.